The van der Waals surface area contributed by atoms with Crippen LogP contribution in [0.5, 0.6) is 0 Å². The summed E-state index contributed by atoms with van der Waals surface area (Å²) in [4.78, 5) is 22.6. The maximum atomic E-state index is 13.7. The molecule has 0 atom stereocenters. The average Bonchev–Trinajstić information content (AvgIpc) is 3.00. The summed E-state index contributed by atoms with van der Waals surface area (Å²) in [5, 5.41) is 0. The molecular formula is C16H17FN2O4. The molecule has 2 aromatic rings. The molecule has 7 heteroatoms. The minimum atomic E-state index is -0.722. The molecule has 1 aromatic carbocycles. The van der Waals surface area contributed by atoms with E-state index in [0.717, 1.165) is 0 Å². The normalized spacial score (nSPS) is 10.2. The zero-order valence-corrected chi connectivity index (χ0v) is 12.6. The Labute approximate surface area is 132 Å². The van der Waals surface area contributed by atoms with Crippen molar-refractivity contribution in [2.24, 2.45) is 0 Å². The van der Waals surface area contributed by atoms with Gasteiger partial charge in [0.05, 0.1) is 12.2 Å². The summed E-state index contributed by atoms with van der Waals surface area (Å²) in [6.45, 7) is 1.87. The van der Waals surface area contributed by atoms with E-state index in [-0.39, 0.29) is 24.8 Å². The molecule has 0 unspecified atom stereocenters. The standard InChI is InChI=1S/C16H17FN2O4/c1-2-22-16(21)19-18-15(20)10-8-11-7-9-14(23-11)12-5-3-4-6-13(12)17/h3-7,9H,2,8,10H2,1H3,(H,18,20)(H,19,21). The number of carbonyl (C=O) groups excluding carboxylic acids is 2. The van der Waals surface area contributed by atoms with Crippen LogP contribution in [0, 0.1) is 5.82 Å². The predicted octanol–water partition coefficient (Wildman–Crippen LogP) is 2.80. The topological polar surface area (TPSA) is 80.6 Å². The number of nitrogens with one attached hydrogen (secondary N) is 2. The summed E-state index contributed by atoms with van der Waals surface area (Å²) in [6.07, 6.45) is -0.290. The Morgan fingerprint density at radius 2 is 1.96 bits per heavy atom. The number of carbonyl (C=O) groups is 2. The second-order valence-corrected chi connectivity index (χ2v) is 4.64. The highest BCUT2D eigenvalue weighted by atomic mass is 19.1. The molecule has 23 heavy (non-hydrogen) atoms. The Morgan fingerprint density at radius 3 is 2.70 bits per heavy atom. The summed E-state index contributed by atoms with van der Waals surface area (Å²) >= 11 is 0. The molecular weight excluding hydrogens is 303 g/mol. The van der Waals surface area contributed by atoms with Crippen molar-refractivity contribution in [1.82, 2.24) is 10.9 Å². The summed E-state index contributed by atoms with van der Waals surface area (Å²) in [6, 6.07) is 9.63. The molecule has 2 amide bonds. The van der Waals surface area contributed by atoms with Crippen molar-refractivity contribution in [2.45, 2.75) is 19.8 Å². The van der Waals surface area contributed by atoms with Crippen LogP contribution in [0.1, 0.15) is 19.1 Å². The van der Waals surface area contributed by atoms with Crippen LogP contribution in [0.15, 0.2) is 40.8 Å². The molecule has 0 aliphatic heterocycles. The Hall–Kier alpha value is -2.83. The minimum absolute atomic E-state index is 0.108. The number of amides is 2. The van der Waals surface area contributed by atoms with Crippen LogP contribution in [0.3, 0.4) is 0 Å². The third kappa shape index (κ3) is 4.84. The molecule has 2 rings (SSSR count). The van der Waals surface area contributed by atoms with Gasteiger partial charge < -0.3 is 9.15 Å². The maximum Gasteiger partial charge on any atom is 0.426 e. The first-order valence-electron chi connectivity index (χ1n) is 7.15. The van der Waals surface area contributed by atoms with Crippen LogP contribution in [0.25, 0.3) is 11.3 Å². The third-order valence-electron chi connectivity index (χ3n) is 2.98. The van der Waals surface area contributed by atoms with E-state index in [1.54, 1.807) is 37.3 Å². The quantitative estimate of drug-likeness (QED) is 0.830. The van der Waals surface area contributed by atoms with Gasteiger partial charge in [-0.1, -0.05) is 12.1 Å². The van der Waals surface area contributed by atoms with Gasteiger partial charge in [-0.25, -0.2) is 14.6 Å². The Balaban J connectivity index is 1.84. The van der Waals surface area contributed by atoms with Gasteiger partial charge in [0, 0.05) is 12.8 Å². The van der Waals surface area contributed by atoms with Crippen molar-refractivity contribution in [3.05, 3.63) is 48.0 Å². The molecule has 0 fully saturated rings. The molecule has 122 valence electrons. The van der Waals surface area contributed by atoms with Crippen molar-refractivity contribution in [1.29, 1.82) is 0 Å². The lowest BCUT2D eigenvalue weighted by molar-refractivity contribution is -0.122. The molecule has 0 saturated carbocycles. The summed E-state index contributed by atoms with van der Waals surface area (Å²) in [7, 11) is 0. The fourth-order valence-electron chi connectivity index (χ4n) is 1.91. The van der Waals surface area contributed by atoms with Crippen LogP contribution in [-0.2, 0) is 16.0 Å². The van der Waals surface area contributed by atoms with Crippen molar-refractivity contribution in [3.8, 4) is 11.3 Å². The number of hydrogen-bond acceptors (Lipinski definition) is 4. The highest BCUT2D eigenvalue weighted by Crippen LogP contribution is 2.25. The number of hydrazine groups is 1. The Bertz CT molecular complexity index is 684. The van der Waals surface area contributed by atoms with Gasteiger partial charge in [-0.15, -0.1) is 0 Å². The minimum Gasteiger partial charge on any atom is -0.461 e. The van der Waals surface area contributed by atoms with E-state index >= 15 is 0 Å². The monoisotopic (exact) mass is 320 g/mol. The maximum absolute atomic E-state index is 13.7. The Kier molecular flexibility index (Phi) is 5.74. The van der Waals surface area contributed by atoms with E-state index in [1.807, 2.05) is 0 Å². The summed E-state index contributed by atoms with van der Waals surface area (Å²) in [5.41, 5.74) is 4.70. The van der Waals surface area contributed by atoms with E-state index in [2.05, 4.69) is 15.6 Å². The van der Waals surface area contributed by atoms with Crippen molar-refractivity contribution >= 4 is 12.0 Å². The van der Waals surface area contributed by atoms with E-state index < -0.39 is 6.09 Å². The second-order valence-electron chi connectivity index (χ2n) is 4.64. The van der Waals surface area contributed by atoms with Crippen LogP contribution in [-0.4, -0.2) is 18.6 Å². The van der Waals surface area contributed by atoms with Gasteiger partial charge in [0.25, 0.3) is 0 Å². The molecule has 1 heterocycles. The van der Waals surface area contributed by atoms with Gasteiger partial charge in [-0.3, -0.25) is 10.2 Å². The number of furan rings is 1. The number of halogens is 1. The van der Waals surface area contributed by atoms with Gasteiger partial charge in [0.15, 0.2) is 0 Å². The highest BCUT2D eigenvalue weighted by Gasteiger charge is 2.11. The molecule has 0 spiro atoms. The molecule has 1 aromatic heterocycles. The fraction of sp³-hybridized carbons (Fsp3) is 0.250. The fourth-order valence-corrected chi connectivity index (χ4v) is 1.91. The van der Waals surface area contributed by atoms with Gasteiger partial charge in [-0.2, -0.15) is 0 Å². The van der Waals surface area contributed by atoms with Crippen molar-refractivity contribution < 1.29 is 23.1 Å². The van der Waals surface area contributed by atoms with Crippen molar-refractivity contribution in [2.75, 3.05) is 6.61 Å². The van der Waals surface area contributed by atoms with Crippen LogP contribution < -0.4 is 10.9 Å². The van der Waals surface area contributed by atoms with Gasteiger partial charge in [-0.05, 0) is 31.2 Å². The average molecular weight is 320 g/mol. The first-order valence-corrected chi connectivity index (χ1v) is 7.15. The van der Waals surface area contributed by atoms with E-state index in [1.165, 1.54) is 6.07 Å². The number of ether oxygens (including phenoxy) is 1. The number of aryl methyl sites for hydroxylation is 1. The van der Waals surface area contributed by atoms with Gasteiger partial charge >= 0.3 is 6.09 Å². The second kappa shape index (κ2) is 7.98. The largest absolute Gasteiger partial charge is 0.461 e. The van der Waals surface area contributed by atoms with Crippen LogP contribution in [0.2, 0.25) is 0 Å². The molecule has 0 bridgehead atoms. The number of benzene rings is 1. The lowest BCUT2D eigenvalue weighted by atomic mass is 10.1. The molecule has 0 aliphatic rings. The molecule has 0 aliphatic carbocycles. The first-order chi connectivity index (χ1) is 11.1. The summed E-state index contributed by atoms with van der Waals surface area (Å²) < 4.78 is 23.8. The van der Waals surface area contributed by atoms with Gasteiger partial charge in [0.2, 0.25) is 5.91 Å². The smallest absolute Gasteiger partial charge is 0.426 e. The first kappa shape index (κ1) is 16.5. The molecule has 0 saturated heterocycles. The lowest BCUT2D eigenvalue weighted by Crippen LogP contribution is -2.41. The Morgan fingerprint density at radius 1 is 1.17 bits per heavy atom. The van der Waals surface area contributed by atoms with E-state index in [0.29, 0.717) is 23.5 Å². The molecule has 6 nitrogen and oxygen atoms in total. The van der Waals surface area contributed by atoms with Crippen LogP contribution in [0.4, 0.5) is 9.18 Å². The highest BCUT2D eigenvalue weighted by molar-refractivity contribution is 5.79. The van der Waals surface area contributed by atoms with E-state index in [4.69, 9.17) is 4.42 Å². The number of hydrogen-bond donors (Lipinski definition) is 2. The molecule has 0 radical (unpaired) electrons. The lowest BCUT2D eigenvalue weighted by Gasteiger charge is -2.06. The van der Waals surface area contributed by atoms with Gasteiger partial charge in [0.1, 0.15) is 17.3 Å². The van der Waals surface area contributed by atoms with E-state index in [9.17, 15) is 14.0 Å². The summed E-state index contributed by atoms with van der Waals surface area (Å²) in [5.74, 6) is 0.198. The van der Waals surface area contributed by atoms with Crippen molar-refractivity contribution in [3.63, 3.8) is 0 Å². The zero-order valence-electron chi connectivity index (χ0n) is 12.6. The third-order valence-corrected chi connectivity index (χ3v) is 2.98. The molecule has 2 N–H and O–H groups in total. The van der Waals surface area contributed by atoms with Crippen LogP contribution >= 0.6 is 0 Å². The zero-order chi connectivity index (χ0) is 16.7. The number of rotatable bonds is 5. The predicted molar refractivity (Wildman–Crippen MR) is 80.7 cm³/mol. The SMILES string of the molecule is CCOC(=O)NNC(=O)CCc1ccc(-c2ccccc2F)o1.